The van der Waals surface area contributed by atoms with Gasteiger partial charge in [-0.25, -0.2) is 0 Å². The third kappa shape index (κ3) is 4.66. The van der Waals surface area contributed by atoms with Crippen molar-refractivity contribution in [2.75, 3.05) is 0 Å². The van der Waals surface area contributed by atoms with Crippen LogP contribution in [0, 0.1) is 13.0 Å². The number of ketones is 1. The maximum Gasteiger partial charge on any atom is 0.155 e. The molecular weight excluding hydrogens is 639 g/mol. The molecule has 0 atom stereocenters. The molecule has 0 aliphatic heterocycles. The maximum absolute atomic E-state index is 10.0. The Kier molecular flexibility index (Phi) is 7.23. The van der Waals surface area contributed by atoms with Gasteiger partial charge in [0.1, 0.15) is 11.3 Å². The van der Waals surface area contributed by atoms with Crippen LogP contribution in [0.2, 0.25) is 0 Å². The first-order valence-electron chi connectivity index (χ1n) is 12.0. The van der Waals surface area contributed by atoms with E-state index in [-0.39, 0.29) is 37.1 Å². The standard InChI is InChI=1S/C27H20NO.C5H8O2.Ir/c1-16-15-22(28-21-13-6-4-9-17(16)21)18-11-8-12-20-24(18)27(2,3)25-19-10-5-7-14-23(19)29-26(20)25;1-4(6)3-5(2)7;/h4-10,12-15H,1-3H3;3,6H,1-2H3;/q-1;;/b;4-3-;. The molecule has 6 rings (SSSR count). The number of hydrogen-bond acceptors (Lipinski definition) is 4. The van der Waals surface area contributed by atoms with E-state index in [1.807, 2.05) is 24.3 Å². The molecule has 0 saturated heterocycles. The van der Waals surface area contributed by atoms with Gasteiger partial charge in [-0.2, -0.15) is 0 Å². The number of carbonyl (C=O) groups is 1. The summed E-state index contributed by atoms with van der Waals surface area (Å²) in [6.07, 6.45) is 1.17. The summed E-state index contributed by atoms with van der Waals surface area (Å²) >= 11 is 0. The number of aryl methyl sites for hydroxylation is 1. The molecule has 1 N–H and O–H groups in total. The Labute approximate surface area is 230 Å². The zero-order chi connectivity index (χ0) is 25.6. The monoisotopic (exact) mass is 667 g/mol. The van der Waals surface area contributed by atoms with Gasteiger partial charge in [0.05, 0.1) is 11.3 Å². The third-order valence-corrected chi connectivity index (χ3v) is 6.68. The van der Waals surface area contributed by atoms with Crippen LogP contribution in [0.5, 0.6) is 0 Å². The predicted molar refractivity (Wildman–Crippen MR) is 145 cm³/mol. The van der Waals surface area contributed by atoms with Gasteiger partial charge in [0.15, 0.2) is 5.78 Å². The number of carbonyl (C=O) groups excluding carboxylic acids is 1. The van der Waals surface area contributed by atoms with Crippen LogP contribution in [0.3, 0.4) is 0 Å². The molecule has 3 aromatic carbocycles. The third-order valence-electron chi connectivity index (χ3n) is 6.68. The molecule has 0 fully saturated rings. The van der Waals surface area contributed by atoms with Gasteiger partial charge >= 0.3 is 0 Å². The van der Waals surface area contributed by atoms with Crippen molar-refractivity contribution in [3.8, 4) is 22.6 Å². The number of allylic oxidation sites excluding steroid dienone is 2. The van der Waals surface area contributed by atoms with Crippen molar-refractivity contribution in [1.82, 2.24) is 4.98 Å². The Bertz CT molecular complexity index is 1670. The SMILES string of the molecule is CC(=O)/C=C(/C)O.Cc1cc(-c2[c-]ccc3c2C(C)(C)c2c-3oc3ccccc23)nc2ccccc12.[Ir]. The topological polar surface area (TPSA) is 63.3 Å². The Morgan fingerprint density at radius 2 is 1.68 bits per heavy atom. The van der Waals surface area contributed by atoms with Gasteiger partial charge < -0.3 is 9.52 Å². The zero-order valence-electron chi connectivity index (χ0n) is 21.5. The van der Waals surface area contributed by atoms with Crippen molar-refractivity contribution in [3.05, 3.63) is 101 Å². The van der Waals surface area contributed by atoms with E-state index in [1.165, 1.54) is 47.4 Å². The van der Waals surface area contributed by atoms with Gasteiger partial charge in [-0.05, 0) is 49.6 Å². The van der Waals surface area contributed by atoms with Crippen molar-refractivity contribution < 1.29 is 34.4 Å². The minimum absolute atomic E-state index is 0. The van der Waals surface area contributed by atoms with Crippen molar-refractivity contribution in [1.29, 1.82) is 0 Å². The molecule has 189 valence electrons. The first-order valence-corrected chi connectivity index (χ1v) is 12.0. The number of fused-ring (bicyclic) bond motifs is 6. The summed E-state index contributed by atoms with van der Waals surface area (Å²) in [7, 11) is 0. The Hall–Kier alpha value is -3.53. The molecule has 0 bridgehead atoms. The Balaban J connectivity index is 0.000000356. The van der Waals surface area contributed by atoms with Crippen molar-refractivity contribution >= 4 is 27.7 Å². The number of rotatable bonds is 2. The van der Waals surface area contributed by atoms with E-state index >= 15 is 0 Å². The van der Waals surface area contributed by atoms with Crippen LogP contribution in [0.4, 0.5) is 0 Å². The molecule has 0 spiro atoms. The van der Waals surface area contributed by atoms with Gasteiger partial charge in [0.2, 0.25) is 0 Å². The molecule has 1 aliphatic carbocycles. The number of hydrogen-bond donors (Lipinski definition) is 1. The second-order valence-corrected chi connectivity index (χ2v) is 9.81. The van der Waals surface area contributed by atoms with Gasteiger partial charge in [-0.1, -0.05) is 61.9 Å². The van der Waals surface area contributed by atoms with Crippen LogP contribution in [-0.2, 0) is 30.3 Å². The van der Waals surface area contributed by atoms with E-state index in [0.717, 1.165) is 33.7 Å². The van der Waals surface area contributed by atoms with E-state index in [4.69, 9.17) is 14.5 Å². The smallest absolute Gasteiger partial charge is 0.155 e. The summed E-state index contributed by atoms with van der Waals surface area (Å²) in [6.45, 7) is 9.57. The maximum atomic E-state index is 10.0. The molecule has 0 unspecified atom stereocenters. The van der Waals surface area contributed by atoms with Crippen molar-refractivity contribution in [2.24, 2.45) is 0 Å². The quantitative estimate of drug-likeness (QED) is 0.118. The minimum atomic E-state index is -0.189. The van der Waals surface area contributed by atoms with Crippen LogP contribution in [-0.4, -0.2) is 15.9 Å². The predicted octanol–water partition coefficient (Wildman–Crippen LogP) is 8.10. The average molecular weight is 667 g/mol. The van der Waals surface area contributed by atoms with E-state index in [1.54, 1.807) is 0 Å². The number of aromatic nitrogens is 1. The fourth-order valence-electron chi connectivity index (χ4n) is 5.29. The Morgan fingerprint density at radius 3 is 2.35 bits per heavy atom. The van der Waals surface area contributed by atoms with Gasteiger partial charge in [-0.15, -0.1) is 29.3 Å². The van der Waals surface area contributed by atoms with Crippen LogP contribution in [0.15, 0.2) is 83.0 Å². The molecule has 37 heavy (non-hydrogen) atoms. The van der Waals surface area contributed by atoms with Gasteiger partial charge in [0.25, 0.3) is 0 Å². The summed E-state index contributed by atoms with van der Waals surface area (Å²) in [5.74, 6) is 0.923. The average Bonchev–Trinajstić information content (AvgIpc) is 3.33. The number of benzene rings is 3. The second kappa shape index (κ2) is 10.1. The first-order chi connectivity index (χ1) is 17.2. The molecule has 0 amide bonds. The summed E-state index contributed by atoms with van der Waals surface area (Å²) in [5, 5.41) is 10.8. The number of para-hydroxylation sites is 2. The molecule has 1 aliphatic rings. The molecule has 0 saturated carbocycles. The summed E-state index contributed by atoms with van der Waals surface area (Å²) in [4.78, 5) is 15.0. The van der Waals surface area contributed by atoms with Crippen molar-refractivity contribution in [3.63, 3.8) is 0 Å². The molecule has 5 heteroatoms. The largest absolute Gasteiger partial charge is 0.512 e. The Morgan fingerprint density at radius 1 is 1.00 bits per heavy atom. The number of pyridine rings is 1. The number of nitrogens with zero attached hydrogens (tertiary/aromatic N) is 1. The van der Waals surface area contributed by atoms with E-state index in [0.29, 0.717) is 0 Å². The van der Waals surface area contributed by atoms with E-state index < -0.39 is 0 Å². The fourth-order valence-corrected chi connectivity index (χ4v) is 5.29. The molecule has 1 radical (unpaired) electrons. The fraction of sp³-hybridized carbons (Fsp3) is 0.188. The first kappa shape index (κ1) is 26.5. The number of furan rings is 1. The van der Waals surface area contributed by atoms with E-state index in [2.05, 4.69) is 69.3 Å². The van der Waals surface area contributed by atoms with Gasteiger partial charge in [-0.3, -0.25) is 9.78 Å². The molecule has 2 aromatic heterocycles. The molecular formula is C32H28IrNO3-. The summed E-state index contributed by atoms with van der Waals surface area (Å²) < 4.78 is 6.32. The summed E-state index contributed by atoms with van der Waals surface area (Å²) in [6, 6.07) is 26.5. The van der Waals surface area contributed by atoms with Crippen LogP contribution >= 0.6 is 0 Å². The molecule has 2 heterocycles. The van der Waals surface area contributed by atoms with Crippen LogP contribution < -0.4 is 0 Å². The normalized spacial score (nSPS) is 13.4. The number of aliphatic hydroxyl groups excluding tert-OH is 1. The second-order valence-electron chi connectivity index (χ2n) is 9.81. The van der Waals surface area contributed by atoms with Crippen LogP contribution in [0.25, 0.3) is 44.5 Å². The minimum Gasteiger partial charge on any atom is -0.512 e. The summed E-state index contributed by atoms with van der Waals surface area (Å²) in [5.41, 5.74) is 8.72. The van der Waals surface area contributed by atoms with Crippen molar-refractivity contribution in [2.45, 2.75) is 40.0 Å². The molecule has 4 nitrogen and oxygen atoms in total. The van der Waals surface area contributed by atoms with Gasteiger partial charge in [0, 0.05) is 42.5 Å². The molecule has 5 aromatic rings. The zero-order valence-corrected chi connectivity index (χ0v) is 23.9. The number of aliphatic hydroxyl groups is 1. The van der Waals surface area contributed by atoms with E-state index in [9.17, 15) is 4.79 Å². The van der Waals surface area contributed by atoms with Crippen LogP contribution in [0.1, 0.15) is 44.4 Å².